The Morgan fingerprint density at radius 3 is 2.46 bits per heavy atom. The van der Waals surface area contributed by atoms with E-state index in [4.69, 9.17) is 9.47 Å². The molecule has 0 bridgehead atoms. The molecule has 2 saturated heterocycles. The summed E-state index contributed by atoms with van der Waals surface area (Å²) < 4.78 is 11.3. The molecule has 0 radical (unpaired) electrons. The average Bonchev–Trinajstić information content (AvgIpc) is 3.05. The second-order valence-electron chi connectivity index (χ2n) is 9.51. The van der Waals surface area contributed by atoms with Crippen molar-refractivity contribution in [2.24, 2.45) is 11.8 Å². The van der Waals surface area contributed by atoms with Gasteiger partial charge in [-0.15, -0.1) is 12.4 Å². The number of piperazine rings is 1. The fourth-order valence-electron chi connectivity index (χ4n) is 5.17. The van der Waals surface area contributed by atoms with Crippen LogP contribution in [-0.4, -0.2) is 79.1 Å². The molecular weight excluding hydrogens is 470 g/mol. The number of allylic oxidation sites excluding steroid dienone is 1. The topological polar surface area (TPSA) is 79.4 Å². The van der Waals surface area contributed by atoms with Crippen LogP contribution in [0.4, 0.5) is 5.69 Å². The highest BCUT2D eigenvalue weighted by molar-refractivity contribution is 6.05. The Morgan fingerprint density at radius 2 is 1.77 bits per heavy atom. The zero-order chi connectivity index (χ0) is 24.2. The molecule has 0 spiro atoms. The van der Waals surface area contributed by atoms with E-state index in [1.54, 1.807) is 6.08 Å². The third-order valence-corrected chi connectivity index (χ3v) is 6.74. The van der Waals surface area contributed by atoms with E-state index in [1.165, 1.54) is 11.8 Å². The van der Waals surface area contributed by atoms with Crippen LogP contribution in [0, 0.1) is 11.8 Å². The molecule has 0 aromatic heterocycles. The zero-order valence-corrected chi connectivity index (χ0v) is 21.5. The van der Waals surface area contributed by atoms with Gasteiger partial charge in [0.15, 0.2) is 0 Å². The molecule has 2 fully saturated rings. The van der Waals surface area contributed by atoms with Gasteiger partial charge in [0.05, 0.1) is 23.6 Å². The number of esters is 1. The number of nitrogens with zero attached hydrogens (tertiary/aromatic N) is 3. The largest absolute Gasteiger partial charge is 0.489 e. The van der Waals surface area contributed by atoms with Crippen molar-refractivity contribution in [2.75, 3.05) is 44.2 Å². The molecule has 2 amide bonds. The molecule has 2 heterocycles. The Labute approximate surface area is 213 Å². The molecule has 4 rings (SSSR count). The summed E-state index contributed by atoms with van der Waals surface area (Å²) in [6.07, 6.45) is 4.31. The van der Waals surface area contributed by atoms with Gasteiger partial charge in [-0.3, -0.25) is 24.2 Å². The summed E-state index contributed by atoms with van der Waals surface area (Å²) in [6, 6.07) is 8.16. The van der Waals surface area contributed by atoms with Crippen molar-refractivity contribution >= 4 is 35.9 Å². The van der Waals surface area contributed by atoms with Gasteiger partial charge in [0, 0.05) is 39.6 Å². The molecule has 9 heteroatoms. The van der Waals surface area contributed by atoms with Gasteiger partial charge in [-0.1, -0.05) is 18.2 Å². The number of imide groups is 1. The first-order valence-corrected chi connectivity index (χ1v) is 12.3. The van der Waals surface area contributed by atoms with Crippen LogP contribution in [0.15, 0.2) is 36.4 Å². The number of carbonyl (C=O) groups is 3. The Kier molecular flexibility index (Phi) is 9.19. The van der Waals surface area contributed by atoms with Gasteiger partial charge in [-0.2, -0.15) is 0 Å². The fraction of sp³-hybridized carbons (Fsp3) is 0.577. The number of para-hydroxylation sites is 2. The van der Waals surface area contributed by atoms with E-state index in [0.29, 0.717) is 13.0 Å². The van der Waals surface area contributed by atoms with Crippen molar-refractivity contribution < 1.29 is 23.9 Å². The van der Waals surface area contributed by atoms with E-state index in [1.807, 2.05) is 38.1 Å². The number of hydrogen-bond acceptors (Lipinski definition) is 7. The second-order valence-corrected chi connectivity index (χ2v) is 9.51. The molecule has 8 nitrogen and oxygen atoms in total. The lowest BCUT2D eigenvalue weighted by Gasteiger charge is -2.37. The molecule has 0 saturated carbocycles. The maximum atomic E-state index is 13.0. The molecular formula is C26H36ClN3O5. The third-order valence-electron chi connectivity index (χ3n) is 6.74. The molecule has 1 aliphatic carbocycles. The van der Waals surface area contributed by atoms with Crippen LogP contribution in [0.5, 0.6) is 5.75 Å². The first-order valence-electron chi connectivity index (χ1n) is 12.3. The smallest absolute Gasteiger partial charge is 0.303 e. The second kappa shape index (κ2) is 11.9. The molecule has 3 atom stereocenters. The average molecular weight is 506 g/mol. The van der Waals surface area contributed by atoms with Gasteiger partial charge in [-0.25, -0.2) is 0 Å². The number of rotatable bonds is 8. The summed E-state index contributed by atoms with van der Waals surface area (Å²) in [4.78, 5) is 43.4. The molecule has 3 aliphatic rings. The van der Waals surface area contributed by atoms with Crippen LogP contribution in [0.3, 0.4) is 0 Å². The van der Waals surface area contributed by atoms with Crippen LogP contribution in [0.2, 0.25) is 0 Å². The lowest BCUT2D eigenvalue weighted by Crippen LogP contribution is -2.47. The number of fused-ring (bicyclic) bond motifs is 1. The monoisotopic (exact) mass is 505 g/mol. The predicted octanol–water partition coefficient (Wildman–Crippen LogP) is 2.90. The number of amides is 2. The lowest BCUT2D eigenvalue weighted by atomic mass is 9.83. The van der Waals surface area contributed by atoms with Gasteiger partial charge in [-0.05, 0) is 51.4 Å². The maximum absolute atomic E-state index is 13.0. The summed E-state index contributed by atoms with van der Waals surface area (Å²) in [6.45, 7) is 10.3. The minimum absolute atomic E-state index is 0. The van der Waals surface area contributed by atoms with Crippen molar-refractivity contribution in [3.63, 3.8) is 0 Å². The number of carbonyl (C=O) groups excluding carboxylic acids is 3. The number of anilines is 1. The van der Waals surface area contributed by atoms with Crippen LogP contribution in [-0.2, 0) is 19.1 Å². The van der Waals surface area contributed by atoms with Crippen LogP contribution in [0.25, 0.3) is 0 Å². The minimum atomic E-state index is -0.645. The van der Waals surface area contributed by atoms with E-state index >= 15 is 0 Å². The van der Waals surface area contributed by atoms with Crippen molar-refractivity contribution in [1.82, 2.24) is 9.80 Å². The molecule has 192 valence electrons. The molecule has 3 unspecified atom stereocenters. The lowest BCUT2D eigenvalue weighted by molar-refractivity contribution is -0.149. The van der Waals surface area contributed by atoms with E-state index < -0.39 is 23.9 Å². The summed E-state index contributed by atoms with van der Waals surface area (Å²) in [7, 11) is 0. The van der Waals surface area contributed by atoms with Gasteiger partial charge in [0.1, 0.15) is 11.9 Å². The van der Waals surface area contributed by atoms with Gasteiger partial charge >= 0.3 is 5.97 Å². The number of halogens is 1. The van der Waals surface area contributed by atoms with Crippen LogP contribution >= 0.6 is 12.4 Å². The summed E-state index contributed by atoms with van der Waals surface area (Å²) in [5.41, 5.74) is 1.13. The van der Waals surface area contributed by atoms with E-state index in [2.05, 4.69) is 15.9 Å². The highest BCUT2D eigenvalue weighted by atomic mass is 35.5. The fourth-order valence-corrected chi connectivity index (χ4v) is 5.17. The zero-order valence-electron chi connectivity index (χ0n) is 20.7. The molecule has 35 heavy (non-hydrogen) atoms. The minimum Gasteiger partial charge on any atom is -0.489 e. The first kappa shape index (κ1) is 27.0. The van der Waals surface area contributed by atoms with Crippen molar-refractivity contribution in [3.8, 4) is 5.75 Å². The van der Waals surface area contributed by atoms with Crippen LogP contribution in [0.1, 0.15) is 33.6 Å². The highest BCUT2D eigenvalue weighted by Gasteiger charge is 2.52. The molecule has 0 N–H and O–H groups in total. The number of benzene rings is 1. The van der Waals surface area contributed by atoms with Gasteiger partial charge in [0.2, 0.25) is 11.8 Å². The van der Waals surface area contributed by atoms with Crippen molar-refractivity contribution in [3.05, 3.63) is 36.4 Å². The molecule has 1 aromatic rings. The first-order chi connectivity index (χ1) is 16.3. The summed E-state index contributed by atoms with van der Waals surface area (Å²) >= 11 is 0. The Hall–Kier alpha value is -2.58. The van der Waals surface area contributed by atoms with E-state index in [0.717, 1.165) is 50.6 Å². The Morgan fingerprint density at radius 1 is 1.06 bits per heavy atom. The standard InChI is InChI=1S/C26H35N3O5.ClH/c1-18(2)33-22-10-5-4-9-21(22)28-16-14-27(15-17-28)12-7-13-29-25(31)20-8-6-11-23(34-19(3)30)24(20)26(29)32;/h4-6,9-11,18,20,23-24H,7-8,12-17H2,1-3H3;1H. The maximum Gasteiger partial charge on any atom is 0.303 e. The molecule has 1 aromatic carbocycles. The SMILES string of the molecule is CC(=O)OC1C=CCC2C(=O)N(CCCN3CCN(c4ccccc4OC(C)C)CC3)C(=O)C12.Cl. The third kappa shape index (κ3) is 6.16. The summed E-state index contributed by atoms with van der Waals surface area (Å²) in [5.74, 6) is -0.872. The van der Waals surface area contributed by atoms with Gasteiger partial charge in [0.25, 0.3) is 0 Å². The van der Waals surface area contributed by atoms with Crippen molar-refractivity contribution in [2.45, 2.75) is 45.8 Å². The quantitative estimate of drug-likeness (QED) is 0.305. The van der Waals surface area contributed by atoms with Crippen molar-refractivity contribution in [1.29, 1.82) is 0 Å². The highest BCUT2D eigenvalue weighted by Crippen LogP contribution is 2.37. The summed E-state index contributed by atoms with van der Waals surface area (Å²) in [5, 5.41) is 0. The van der Waals surface area contributed by atoms with Crippen LogP contribution < -0.4 is 9.64 Å². The Balaban J connectivity index is 0.00000342. The van der Waals surface area contributed by atoms with E-state index in [9.17, 15) is 14.4 Å². The van der Waals surface area contributed by atoms with Gasteiger partial charge < -0.3 is 14.4 Å². The Bertz CT molecular complexity index is 945. The number of likely N-dealkylation sites (tertiary alicyclic amines) is 1. The number of hydrogen-bond donors (Lipinski definition) is 0. The normalized spacial score (nSPS) is 24.4. The van der Waals surface area contributed by atoms with E-state index in [-0.39, 0.29) is 30.3 Å². The predicted molar refractivity (Wildman–Crippen MR) is 136 cm³/mol. The number of ether oxygens (including phenoxy) is 2. The molecule has 2 aliphatic heterocycles.